The van der Waals surface area contributed by atoms with Crippen molar-refractivity contribution in [1.82, 2.24) is 0 Å². The van der Waals surface area contributed by atoms with E-state index in [4.69, 9.17) is 0 Å². The van der Waals surface area contributed by atoms with E-state index < -0.39 is 0 Å². The van der Waals surface area contributed by atoms with Crippen LogP contribution in [0.4, 0.5) is 17.1 Å². The molecule has 1 heteroatoms. The zero-order chi connectivity index (χ0) is 36.0. The van der Waals surface area contributed by atoms with E-state index in [1.807, 2.05) is 0 Å². The van der Waals surface area contributed by atoms with Crippen molar-refractivity contribution in [3.05, 3.63) is 199 Å². The van der Waals surface area contributed by atoms with Crippen molar-refractivity contribution in [2.24, 2.45) is 5.92 Å². The summed E-state index contributed by atoms with van der Waals surface area (Å²) in [7, 11) is 0. The Morgan fingerprint density at radius 3 is 1.82 bits per heavy atom. The summed E-state index contributed by atoms with van der Waals surface area (Å²) in [6, 6.07) is 58.7. The van der Waals surface area contributed by atoms with Gasteiger partial charge in [-0.25, -0.2) is 0 Å². The first kappa shape index (κ1) is 31.0. The lowest BCUT2D eigenvalue weighted by Gasteiger charge is -2.29. The van der Waals surface area contributed by atoms with Crippen LogP contribution >= 0.6 is 0 Å². The van der Waals surface area contributed by atoms with Crippen LogP contribution in [0.2, 0.25) is 0 Å². The molecule has 0 N–H and O–H groups in total. The minimum absolute atomic E-state index is 0.438. The second kappa shape index (κ2) is 12.0. The molecule has 0 aliphatic heterocycles. The van der Waals surface area contributed by atoms with E-state index in [0.29, 0.717) is 17.8 Å². The van der Waals surface area contributed by atoms with Gasteiger partial charge in [-0.3, -0.25) is 0 Å². The molecule has 8 aromatic carbocycles. The third kappa shape index (κ3) is 4.41. The highest BCUT2D eigenvalue weighted by atomic mass is 15.1. The fourth-order valence-corrected chi connectivity index (χ4v) is 11.0. The minimum atomic E-state index is 0.438. The molecule has 0 fully saturated rings. The molecule has 0 bridgehead atoms. The Bertz CT molecular complexity index is 2850. The second-order valence-corrected chi connectivity index (χ2v) is 15.8. The van der Waals surface area contributed by atoms with Crippen LogP contribution in [0, 0.1) is 5.92 Å². The number of nitrogens with zero attached hydrogens (tertiary/aromatic N) is 1. The molecule has 1 nitrogen and oxygen atoms in total. The van der Waals surface area contributed by atoms with E-state index in [9.17, 15) is 0 Å². The Morgan fingerprint density at radius 2 is 1.11 bits per heavy atom. The van der Waals surface area contributed by atoms with Gasteiger partial charge < -0.3 is 4.90 Å². The largest absolute Gasteiger partial charge is 0.310 e. The van der Waals surface area contributed by atoms with Crippen molar-refractivity contribution in [2.45, 2.75) is 31.1 Å². The highest BCUT2D eigenvalue weighted by Crippen LogP contribution is 2.63. The number of allylic oxidation sites excluding steroid dienone is 4. The summed E-state index contributed by atoms with van der Waals surface area (Å²) >= 11 is 0. The molecule has 3 unspecified atom stereocenters. The van der Waals surface area contributed by atoms with E-state index in [1.165, 1.54) is 84.6 Å². The quantitative estimate of drug-likeness (QED) is 0.173. The van der Waals surface area contributed by atoms with E-state index in [-0.39, 0.29) is 0 Å². The number of para-hydroxylation sites is 2. The average molecular weight is 702 g/mol. The van der Waals surface area contributed by atoms with Gasteiger partial charge >= 0.3 is 0 Å². The number of hydrogen-bond acceptors (Lipinski definition) is 1. The summed E-state index contributed by atoms with van der Waals surface area (Å²) in [5.41, 5.74) is 19.1. The molecule has 0 amide bonds. The lowest BCUT2D eigenvalue weighted by atomic mass is 9.74. The van der Waals surface area contributed by atoms with Gasteiger partial charge in [0, 0.05) is 22.7 Å². The lowest BCUT2D eigenvalue weighted by Crippen LogP contribution is -2.14. The fourth-order valence-electron chi connectivity index (χ4n) is 11.0. The van der Waals surface area contributed by atoms with Crippen LogP contribution in [-0.4, -0.2) is 0 Å². The summed E-state index contributed by atoms with van der Waals surface area (Å²) in [5.74, 6) is 1.57. The number of fused-ring (bicyclic) bond motifs is 8. The normalized spacial score (nSPS) is 18.4. The summed E-state index contributed by atoms with van der Waals surface area (Å²) in [6.45, 7) is 0. The second-order valence-electron chi connectivity index (χ2n) is 15.8. The Kier molecular flexibility index (Phi) is 6.78. The first-order valence-corrected chi connectivity index (χ1v) is 20.0. The van der Waals surface area contributed by atoms with Crippen LogP contribution in [-0.2, 0) is 6.42 Å². The van der Waals surface area contributed by atoms with Crippen LogP contribution in [0.25, 0.3) is 66.1 Å². The van der Waals surface area contributed by atoms with Crippen LogP contribution in [0.1, 0.15) is 41.4 Å². The van der Waals surface area contributed by atoms with Crippen molar-refractivity contribution >= 4 is 38.6 Å². The van der Waals surface area contributed by atoms with Crippen molar-refractivity contribution in [3.63, 3.8) is 0 Å². The monoisotopic (exact) mass is 701 g/mol. The van der Waals surface area contributed by atoms with E-state index in [2.05, 4.69) is 187 Å². The Balaban J connectivity index is 1.24. The van der Waals surface area contributed by atoms with Crippen molar-refractivity contribution in [1.29, 1.82) is 0 Å². The van der Waals surface area contributed by atoms with E-state index >= 15 is 0 Å². The summed E-state index contributed by atoms with van der Waals surface area (Å²) in [5, 5.41) is 5.49. The molecule has 3 atom stereocenters. The highest BCUT2D eigenvalue weighted by Gasteiger charge is 2.43. The maximum atomic E-state index is 2.65. The van der Waals surface area contributed by atoms with Gasteiger partial charge in [0.15, 0.2) is 0 Å². The summed E-state index contributed by atoms with van der Waals surface area (Å²) in [4.78, 5) is 2.43. The number of anilines is 3. The predicted molar refractivity (Wildman–Crippen MR) is 232 cm³/mol. The van der Waals surface area contributed by atoms with Crippen LogP contribution in [0.3, 0.4) is 0 Å². The average Bonchev–Trinajstić information content (AvgIpc) is 3.76. The Labute approximate surface area is 322 Å². The molecule has 0 heterocycles. The molecular weight excluding hydrogens is 663 g/mol. The lowest BCUT2D eigenvalue weighted by molar-refractivity contribution is 0.454. The van der Waals surface area contributed by atoms with Gasteiger partial charge in [0.2, 0.25) is 0 Å². The molecule has 12 rings (SSSR count). The van der Waals surface area contributed by atoms with Gasteiger partial charge in [0.1, 0.15) is 0 Å². The van der Waals surface area contributed by atoms with Gasteiger partial charge in [-0.1, -0.05) is 146 Å². The van der Waals surface area contributed by atoms with Gasteiger partial charge in [0.25, 0.3) is 0 Å². The van der Waals surface area contributed by atoms with Crippen molar-refractivity contribution in [3.8, 4) is 44.5 Å². The number of hydrogen-bond donors (Lipinski definition) is 0. The maximum Gasteiger partial charge on any atom is 0.0540 e. The minimum Gasteiger partial charge on any atom is -0.310 e. The molecule has 4 aliphatic carbocycles. The summed E-state index contributed by atoms with van der Waals surface area (Å²) < 4.78 is 0. The van der Waals surface area contributed by atoms with Gasteiger partial charge in [-0.15, -0.1) is 0 Å². The van der Waals surface area contributed by atoms with Crippen molar-refractivity contribution in [2.75, 3.05) is 4.90 Å². The number of benzene rings is 8. The molecule has 0 aromatic heterocycles. The molecule has 260 valence electrons. The molecule has 55 heavy (non-hydrogen) atoms. The number of aryl methyl sites for hydroxylation is 1. The predicted octanol–water partition coefficient (Wildman–Crippen LogP) is 14.7. The molecule has 0 saturated heterocycles. The number of rotatable bonds is 5. The van der Waals surface area contributed by atoms with Crippen LogP contribution in [0.5, 0.6) is 0 Å². The highest BCUT2D eigenvalue weighted by molar-refractivity contribution is 6.29. The van der Waals surface area contributed by atoms with Gasteiger partial charge in [0.05, 0.1) is 5.69 Å². The summed E-state index contributed by atoms with van der Waals surface area (Å²) in [6.07, 6.45) is 13.2. The van der Waals surface area contributed by atoms with E-state index in [0.717, 1.165) is 17.8 Å². The van der Waals surface area contributed by atoms with Gasteiger partial charge in [-0.05, 0) is 145 Å². The van der Waals surface area contributed by atoms with E-state index in [1.54, 1.807) is 16.7 Å². The molecule has 0 radical (unpaired) electrons. The molecule has 0 saturated carbocycles. The van der Waals surface area contributed by atoms with Gasteiger partial charge in [-0.2, -0.15) is 0 Å². The third-order valence-electron chi connectivity index (χ3n) is 13.0. The first-order valence-electron chi connectivity index (χ1n) is 20.0. The smallest absolute Gasteiger partial charge is 0.0540 e. The van der Waals surface area contributed by atoms with Crippen LogP contribution < -0.4 is 4.90 Å². The molecule has 0 spiro atoms. The van der Waals surface area contributed by atoms with Crippen LogP contribution in [0.15, 0.2) is 182 Å². The maximum absolute atomic E-state index is 2.65. The molecular formula is C54H39N. The SMILES string of the molecule is C1=CC2c3cc4c(-c5ccccc5)c5c(c(-c6ccccc6)c4c4c3C(CCC4)C2C=C1)-c1ccc(N(c2ccccc2)c2ccccc2)c2cccc-5c12. The fraction of sp³-hybridized carbons (Fsp3) is 0.111. The molecule has 4 aliphatic rings. The third-order valence-corrected chi connectivity index (χ3v) is 13.0. The molecule has 8 aromatic rings. The first-order chi connectivity index (χ1) is 27.3. The zero-order valence-electron chi connectivity index (χ0n) is 30.6. The zero-order valence-corrected chi connectivity index (χ0v) is 30.6. The Hall–Kier alpha value is -6.44. The topological polar surface area (TPSA) is 3.24 Å². The standard InChI is InChI=1S/C54H39N/c1-5-17-34(18-6-1)48-46-33-45-39-26-14-13-25-38(39)40-27-15-29-42(50(40)45)52(46)49(35-19-7-2-8-20-35)54-44-31-32-47(41-28-16-30-43(51(41)44)53(48)54)55(36-21-9-3-10-22-36)37-23-11-4-12-24-37/h1-14,16-26,28,30-33,38-40H,15,27,29H2. The van der Waals surface area contributed by atoms with Crippen molar-refractivity contribution < 1.29 is 0 Å². The Morgan fingerprint density at radius 1 is 0.491 bits per heavy atom.